The van der Waals surface area contributed by atoms with Crippen molar-refractivity contribution in [2.24, 2.45) is 5.41 Å². The Morgan fingerprint density at radius 3 is 2.37 bits per heavy atom. The van der Waals surface area contributed by atoms with Crippen LogP contribution in [0.5, 0.6) is 0 Å². The maximum atomic E-state index is 12.2. The van der Waals surface area contributed by atoms with Crippen LogP contribution in [0.15, 0.2) is 36.0 Å². The lowest BCUT2D eigenvalue weighted by Gasteiger charge is -2.16. The average molecular weight is 257 g/mol. The first kappa shape index (κ1) is 13.5. The Hall–Kier alpha value is -1.90. The monoisotopic (exact) mass is 257 g/mol. The lowest BCUT2D eigenvalue weighted by molar-refractivity contribution is 0.104. The number of hydrogen-bond acceptors (Lipinski definition) is 3. The molecule has 0 bridgehead atoms. The van der Waals surface area contributed by atoms with Crippen LogP contribution in [0.2, 0.25) is 0 Å². The summed E-state index contributed by atoms with van der Waals surface area (Å²) in [5.41, 5.74) is 2.51. The van der Waals surface area contributed by atoms with E-state index < -0.39 is 0 Å². The number of nitrogens with zero attached hydrogens (tertiary/aromatic N) is 1. The third-order valence-electron chi connectivity index (χ3n) is 3.44. The van der Waals surface area contributed by atoms with Crippen molar-refractivity contribution < 1.29 is 9.59 Å². The molecule has 100 valence electrons. The van der Waals surface area contributed by atoms with Gasteiger partial charge in [-0.05, 0) is 11.8 Å². The second-order valence-electron chi connectivity index (χ2n) is 5.94. The highest BCUT2D eigenvalue weighted by Gasteiger charge is 2.30. The highest BCUT2D eigenvalue weighted by Crippen LogP contribution is 2.35. The van der Waals surface area contributed by atoms with E-state index in [4.69, 9.17) is 0 Å². The Morgan fingerprint density at radius 2 is 1.89 bits per heavy atom. The van der Waals surface area contributed by atoms with Crippen LogP contribution in [0.25, 0.3) is 0 Å². The number of benzene rings is 1. The van der Waals surface area contributed by atoms with Crippen molar-refractivity contribution in [3.8, 4) is 0 Å². The summed E-state index contributed by atoms with van der Waals surface area (Å²) < 4.78 is 0. The zero-order valence-electron chi connectivity index (χ0n) is 11.6. The van der Waals surface area contributed by atoms with E-state index in [0.717, 1.165) is 24.9 Å². The average Bonchev–Trinajstić information content (AvgIpc) is 2.62. The minimum Gasteiger partial charge on any atom is -0.377 e. The summed E-state index contributed by atoms with van der Waals surface area (Å²) in [5.74, 6) is -0.00278. The summed E-state index contributed by atoms with van der Waals surface area (Å²) in [7, 11) is 2.02. The second kappa shape index (κ2) is 5.00. The molecular weight excluding hydrogens is 238 g/mol. The lowest BCUT2D eigenvalue weighted by atomic mass is 9.92. The van der Waals surface area contributed by atoms with Gasteiger partial charge in [0.1, 0.15) is 6.29 Å². The van der Waals surface area contributed by atoms with E-state index in [1.54, 1.807) is 30.3 Å². The molecule has 3 heteroatoms. The lowest BCUT2D eigenvalue weighted by Crippen LogP contribution is -2.18. The molecule has 0 saturated carbocycles. The Labute approximate surface area is 113 Å². The summed E-state index contributed by atoms with van der Waals surface area (Å²) in [6, 6.07) is 6.73. The molecule has 0 aliphatic carbocycles. The van der Waals surface area contributed by atoms with Gasteiger partial charge in [-0.2, -0.15) is 0 Å². The minimum absolute atomic E-state index is 0.00278. The number of carbonyl (C=O) groups is 2. The number of likely N-dealkylation sites (tertiary alicyclic amines) is 1. The summed E-state index contributed by atoms with van der Waals surface area (Å²) in [5, 5.41) is 0. The third kappa shape index (κ3) is 3.11. The standard InChI is InChI=1S/C16H19NO2/c1-16(2)9-14(17(3)11-16)8-15(19)13-6-4-12(10-18)5-7-13/h4-8,10H,9,11H2,1-3H3/b14-8+. The van der Waals surface area contributed by atoms with Gasteiger partial charge in [0.25, 0.3) is 0 Å². The fraction of sp³-hybridized carbons (Fsp3) is 0.375. The molecule has 1 aromatic rings. The molecule has 3 nitrogen and oxygen atoms in total. The fourth-order valence-corrected chi connectivity index (χ4v) is 2.55. The van der Waals surface area contributed by atoms with Crippen molar-refractivity contribution in [3.05, 3.63) is 47.2 Å². The molecule has 0 spiro atoms. The van der Waals surface area contributed by atoms with E-state index in [2.05, 4.69) is 18.7 Å². The van der Waals surface area contributed by atoms with Gasteiger partial charge in [0.2, 0.25) is 0 Å². The zero-order valence-corrected chi connectivity index (χ0v) is 11.6. The molecule has 0 amide bonds. The van der Waals surface area contributed by atoms with Crippen LogP contribution in [-0.2, 0) is 0 Å². The second-order valence-corrected chi connectivity index (χ2v) is 5.94. The van der Waals surface area contributed by atoms with Crippen LogP contribution in [-0.4, -0.2) is 30.6 Å². The van der Waals surface area contributed by atoms with Gasteiger partial charge in [0.15, 0.2) is 5.78 Å². The number of carbonyl (C=O) groups excluding carboxylic acids is 2. The van der Waals surface area contributed by atoms with Gasteiger partial charge in [0.05, 0.1) is 0 Å². The van der Waals surface area contributed by atoms with Crippen molar-refractivity contribution in [2.45, 2.75) is 20.3 Å². The van der Waals surface area contributed by atoms with Gasteiger partial charge in [-0.25, -0.2) is 0 Å². The molecule has 1 heterocycles. The van der Waals surface area contributed by atoms with E-state index in [1.165, 1.54) is 0 Å². The van der Waals surface area contributed by atoms with Crippen LogP contribution in [0, 0.1) is 5.41 Å². The molecule has 1 saturated heterocycles. The maximum absolute atomic E-state index is 12.2. The van der Waals surface area contributed by atoms with Gasteiger partial charge < -0.3 is 4.90 Å². The largest absolute Gasteiger partial charge is 0.377 e. The Morgan fingerprint density at radius 1 is 1.26 bits per heavy atom. The first-order chi connectivity index (χ1) is 8.91. The molecule has 1 aromatic carbocycles. The molecule has 0 aromatic heterocycles. The van der Waals surface area contributed by atoms with Crippen LogP contribution >= 0.6 is 0 Å². The Kier molecular flexibility index (Phi) is 3.56. The SMILES string of the molecule is CN1CC(C)(C)C/C1=C\C(=O)c1ccc(C=O)cc1. The summed E-state index contributed by atoms with van der Waals surface area (Å²) >= 11 is 0. The topological polar surface area (TPSA) is 37.4 Å². The molecule has 0 unspecified atom stereocenters. The molecule has 0 radical (unpaired) electrons. The van der Waals surface area contributed by atoms with E-state index in [0.29, 0.717) is 11.1 Å². The van der Waals surface area contributed by atoms with Gasteiger partial charge in [-0.15, -0.1) is 0 Å². The van der Waals surface area contributed by atoms with Crippen molar-refractivity contribution in [1.29, 1.82) is 0 Å². The van der Waals surface area contributed by atoms with Crippen molar-refractivity contribution in [1.82, 2.24) is 4.90 Å². The van der Waals surface area contributed by atoms with Crippen molar-refractivity contribution in [2.75, 3.05) is 13.6 Å². The predicted octanol–water partition coefficient (Wildman–Crippen LogP) is 2.93. The van der Waals surface area contributed by atoms with E-state index >= 15 is 0 Å². The molecule has 19 heavy (non-hydrogen) atoms. The molecule has 0 atom stereocenters. The maximum Gasteiger partial charge on any atom is 0.187 e. The fourth-order valence-electron chi connectivity index (χ4n) is 2.55. The first-order valence-corrected chi connectivity index (χ1v) is 6.42. The smallest absolute Gasteiger partial charge is 0.187 e. The van der Waals surface area contributed by atoms with E-state index in [1.807, 2.05) is 7.05 Å². The van der Waals surface area contributed by atoms with Gasteiger partial charge in [0, 0.05) is 36.5 Å². The summed E-state index contributed by atoms with van der Waals surface area (Å²) in [6.07, 6.45) is 3.41. The van der Waals surface area contributed by atoms with Gasteiger partial charge in [-0.1, -0.05) is 38.1 Å². The Balaban J connectivity index is 2.18. The highest BCUT2D eigenvalue weighted by molar-refractivity contribution is 6.05. The minimum atomic E-state index is -0.00278. The predicted molar refractivity (Wildman–Crippen MR) is 75.3 cm³/mol. The molecular formula is C16H19NO2. The third-order valence-corrected chi connectivity index (χ3v) is 3.44. The first-order valence-electron chi connectivity index (χ1n) is 6.42. The highest BCUT2D eigenvalue weighted by atomic mass is 16.1. The van der Waals surface area contributed by atoms with Crippen LogP contribution in [0.4, 0.5) is 0 Å². The molecule has 0 N–H and O–H groups in total. The number of hydrogen-bond donors (Lipinski definition) is 0. The van der Waals surface area contributed by atoms with Crippen LogP contribution in [0.3, 0.4) is 0 Å². The van der Waals surface area contributed by atoms with Crippen LogP contribution in [0.1, 0.15) is 41.0 Å². The quantitative estimate of drug-likeness (QED) is 0.474. The van der Waals surface area contributed by atoms with E-state index in [-0.39, 0.29) is 11.2 Å². The Bertz CT molecular complexity index is 526. The molecule has 1 aliphatic rings. The van der Waals surface area contributed by atoms with Crippen molar-refractivity contribution >= 4 is 12.1 Å². The number of ketones is 1. The number of rotatable bonds is 3. The summed E-state index contributed by atoms with van der Waals surface area (Å²) in [6.45, 7) is 5.37. The summed E-state index contributed by atoms with van der Waals surface area (Å²) in [4.78, 5) is 24.9. The zero-order chi connectivity index (χ0) is 14.0. The van der Waals surface area contributed by atoms with Gasteiger partial charge >= 0.3 is 0 Å². The molecule has 2 rings (SSSR count). The van der Waals surface area contributed by atoms with Gasteiger partial charge in [-0.3, -0.25) is 9.59 Å². The number of allylic oxidation sites excluding steroid dienone is 2. The number of aldehydes is 1. The molecule has 1 fully saturated rings. The van der Waals surface area contributed by atoms with E-state index in [9.17, 15) is 9.59 Å². The van der Waals surface area contributed by atoms with Crippen LogP contribution < -0.4 is 0 Å². The van der Waals surface area contributed by atoms with Crippen molar-refractivity contribution in [3.63, 3.8) is 0 Å². The normalized spacial score (nSPS) is 19.7. The molecule has 1 aliphatic heterocycles.